The second-order valence-electron chi connectivity index (χ2n) is 7.70. The molecule has 158 valence electrons. The number of amides is 1. The fourth-order valence-corrected chi connectivity index (χ4v) is 4.91. The molecule has 1 aliphatic heterocycles. The number of piperidine rings is 1. The highest BCUT2D eigenvalue weighted by Crippen LogP contribution is 2.29. The monoisotopic (exact) mass is 436 g/mol. The highest BCUT2D eigenvalue weighted by Gasteiger charge is 2.25. The van der Waals surface area contributed by atoms with Crippen LogP contribution in [0.3, 0.4) is 0 Å². The fraction of sp³-hybridized carbons (Fsp3) is 0.286. The molecular weight excluding hydrogens is 416 g/mol. The maximum Gasteiger partial charge on any atom is 0.329 e. The summed E-state index contributed by atoms with van der Waals surface area (Å²) in [6.07, 6.45) is 2.81. The van der Waals surface area contributed by atoms with Gasteiger partial charge in [0.05, 0.1) is 28.7 Å². The number of hydrogen-bond acceptors (Lipinski definition) is 7. The van der Waals surface area contributed by atoms with Gasteiger partial charge >= 0.3 is 5.69 Å². The smallest absolute Gasteiger partial charge is 0.329 e. The van der Waals surface area contributed by atoms with E-state index in [0.29, 0.717) is 47.9 Å². The van der Waals surface area contributed by atoms with E-state index in [9.17, 15) is 14.4 Å². The van der Waals surface area contributed by atoms with Crippen LogP contribution in [0.15, 0.2) is 44.7 Å². The van der Waals surface area contributed by atoms with Crippen molar-refractivity contribution in [1.29, 1.82) is 0 Å². The zero-order valence-corrected chi connectivity index (χ0v) is 17.4. The molecular formula is C21H20N6O3S. The minimum Gasteiger partial charge on any atom is -0.369 e. The molecule has 9 nitrogen and oxygen atoms in total. The molecule has 3 N–H and O–H groups in total. The van der Waals surface area contributed by atoms with Gasteiger partial charge in [0.2, 0.25) is 5.91 Å². The Labute approximate surface area is 180 Å². The Balaban J connectivity index is 1.69. The largest absolute Gasteiger partial charge is 0.369 e. The predicted molar refractivity (Wildman–Crippen MR) is 119 cm³/mol. The third-order valence-electron chi connectivity index (χ3n) is 5.73. The van der Waals surface area contributed by atoms with Crippen molar-refractivity contribution in [2.45, 2.75) is 18.9 Å². The molecule has 4 aromatic rings. The summed E-state index contributed by atoms with van der Waals surface area (Å²) in [6, 6.07) is 5.60. The Kier molecular flexibility index (Phi) is 4.87. The number of likely N-dealkylation sites (tertiary alicyclic amines) is 1. The number of H-pyrrole nitrogens is 1. The van der Waals surface area contributed by atoms with Gasteiger partial charge in [0.15, 0.2) is 0 Å². The van der Waals surface area contributed by atoms with E-state index in [1.54, 1.807) is 15.9 Å². The van der Waals surface area contributed by atoms with Gasteiger partial charge in [-0.2, -0.15) is 11.3 Å². The van der Waals surface area contributed by atoms with Crippen LogP contribution in [0.2, 0.25) is 0 Å². The van der Waals surface area contributed by atoms with E-state index in [4.69, 9.17) is 10.7 Å². The van der Waals surface area contributed by atoms with Crippen molar-refractivity contribution in [2.24, 2.45) is 5.73 Å². The lowest BCUT2D eigenvalue weighted by atomic mass is 10.0. The standard InChI is InChI=1S/C21H20N6O3S/c22-17(28)10-26-6-3-13(4-7-26)27-19-14(20(29)25-21(27)30)9-23-16-2-1-15(24-18(16)19)12-5-8-31-11-12/h1-2,5,8-9,11,13H,3-4,6-7,10H2,(H2,22,28)(H,25,29,30). The molecule has 1 aliphatic rings. The first-order chi connectivity index (χ1) is 15.0. The van der Waals surface area contributed by atoms with Crippen LogP contribution in [-0.4, -0.2) is 50.0 Å². The number of aromatic amines is 1. The third-order valence-corrected chi connectivity index (χ3v) is 6.41. The Morgan fingerprint density at radius 1 is 1.23 bits per heavy atom. The van der Waals surface area contributed by atoms with Crippen LogP contribution in [0.4, 0.5) is 0 Å². The summed E-state index contributed by atoms with van der Waals surface area (Å²) in [4.78, 5) is 50.3. The van der Waals surface area contributed by atoms with E-state index in [0.717, 1.165) is 11.3 Å². The average Bonchev–Trinajstić information content (AvgIpc) is 3.29. The Bertz CT molecular complexity index is 1400. The SMILES string of the molecule is NC(=O)CN1CCC(n2c(=O)[nH]c(=O)c3cnc4ccc(-c5ccsc5)nc4c32)CC1. The van der Waals surface area contributed by atoms with Crippen LogP contribution >= 0.6 is 11.3 Å². The van der Waals surface area contributed by atoms with Gasteiger partial charge < -0.3 is 5.73 Å². The van der Waals surface area contributed by atoms with Crippen LogP contribution < -0.4 is 17.0 Å². The van der Waals surface area contributed by atoms with E-state index in [1.165, 1.54) is 6.20 Å². The lowest BCUT2D eigenvalue weighted by molar-refractivity contribution is -0.119. The van der Waals surface area contributed by atoms with Gasteiger partial charge in [0.1, 0.15) is 5.52 Å². The molecule has 0 aliphatic carbocycles. The van der Waals surface area contributed by atoms with Gasteiger partial charge in [-0.25, -0.2) is 9.78 Å². The van der Waals surface area contributed by atoms with Crippen molar-refractivity contribution in [2.75, 3.05) is 19.6 Å². The van der Waals surface area contributed by atoms with Crippen molar-refractivity contribution < 1.29 is 4.79 Å². The quantitative estimate of drug-likeness (QED) is 0.467. The lowest BCUT2D eigenvalue weighted by Crippen LogP contribution is -2.42. The molecule has 0 spiro atoms. The number of fused-ring (bicyclic) bond motifs is 3. The molecule has 0 unspecified atom stereocenters. The summed E-state index contributed by atoms with van der Waals surface area (Å²) >= 11 is 1.58. The first-order valence-electron chi connectivity index (χ1n) is 9.99. The number of nitrogens with two attached hydrogens (primary N) is 1. The van der Waals surface area contributed by atoms with E-state index in [-0.39, 0.29) is 18.5 Å². The van der Waals surface area contributed by atoms with E-state index in [1.807, 2.05) is 33.9 Å². The summed E-state index contributed by atoms with van der Waals surface area (Å²) in [6.45, 7) is 1.47. The molecule has 0 radical (unpaired) electrons. The van der Waals surface area contributed by atoms with Crippen molar-refractivity contribution in [1.82, 2.24) is 24.4 Å². The maximum atomic E-state index is 12.9. The summed E-state index contributed by atoms with van der Waals surface area (Å²) in [5.41, 5.74) is 7.77. The Morgan fingerprint density at radius 3 is 2.74 bits per heavy atom. The summed E-state index contributed by atoms with van der Waals surface area (Å²) < 4.78 is 1.65. The number of rotatable bonds is 4. The molecule has 5 heterocycles. The summed E-state index contributed by atoms with van der Waals surface area (Å²) in [5.74, 6) is -0.368. The number of hydrogen-bond donors (Lipinski definition) is 2. The molecule has 5 rings (SSSR count). The topological polar surface area (TPSA) is 127 Å². The summed E-state index contributed by atoms with van der Waals surface area (Å²) in [5, 5.41) is 4.31. The zero-order chi connectivity index (χ0) is 21.5. The van der Waals surface area contributed by atoms with E-state index in [2.05, 4.69) is 9.97 Å². The molecule has 1 amide bonds. The molecule has 0 bridgehead atoms. The zero-order valence-electron chi connectivity index (χ0n) is 16.6. The number of thiophene rings is 1. The van der Waals surface area contributed by atoms with Crippen LogP contribution in [0.25, 0.3) is 33.2 Å². The molecule has 1 fully saturated rings. The van der Waals surface area contributed by atoms with Gasteiger partial charge in [0, 0.05) is 36.3 Å². The average molecular weight is 436 g/mol. The highest BCUT2D eigenvalue weighted by atomic mass is 32.1. The molecule has 10 heteroatoms. The third kappa shape index (κ3) is 3.53. The maximum absolute atomic E-state index is 12.9. The van der Waals surface area contributed by atoms with E-state index >= 15 is 0 Å². The van der Waals surface area contributed by atoms with Gasteiger partial charge in [-0.3, -0.25) is 29.0 Å². The Morgan fingerprint density at radius 2 is 2.03 bits per heavy atom. The molecule has 0 aromatic carbocycles. The first kappa shape index (κ1) is 19.6. The van der Waals surface area contributed by atoms with Gasteiger partial charge in [-0.1, -0.05) is 0 Å². The van der Waals surface area contributed by atoms with Gasteiger partial charge in [0.25, 0.3) is 5.56 Å². The number of nitrogens with one attached hydrogen (secondary N) is 1. The van der Waals surface area contributed by atoms with E-state index < -0.39 is 11.2 Å². The fourth-order valence-electron chi connectivity index (χ4n) is 4.26. The summed E-state index contributed by atoms with van der Waals surface area (Å²) in [7, 11) is 0. The van der Waals surface area contributed by atoms with Crippen LogP contribution in [-0.2, 0) is 4.79 Å². The normalized spacial score (nSPS) is 15.6. The second kappa shape index (κ2) is 7.71. The molecule has 1 saturated heterocycles. The molecule has 31 heavy (non-hydrogen) atoms. The lowest BCUT2D eigenvalue weighted by Gasteiger charge is -2.32. The van der Waals surface area contributed by atoms with Crippen molar-refractivity contribution in [3.8, 4) is 11.3 Å². The highest BCUT2D eigenvalue weighted by molar-refractivity contribution is 7.08. The number of primary amides is 1. The number of carbonyl (C=O) groups excluding carboxylic acids is 1. The first-order valence-corrected chi connectivity index (χ1v) is 10.9. The number of pyridine rings is 2. The second-order valence-corrected chi connectivity index (χ2v) is 8.48. The number of aromatic nitrogens is 4. The number of carbonyl (C=O) groups is 1. The molecule has 0 saturated carbocycles. The number of nitrogens with zero attached hydrogens (tertiary/aromatic N) is 4. The minimum atomic E-state index is -0.473. The molecule has 0 atom stereocenters. The van der Waals surface area contributed by atoms with Crippen LogP contribution in [0.1, 0.15) is 18.9 Å². The van der Waals surface area contributed by atoms with Gasteiger partial charge in [-0.05, 0) is 36.4 Å². The Hall–Kier alpha value is -3.37. The molecule has 4 aromatic heterocycles. The van der Waals surface area contributed by atoms with Crippen molar-refractivity contribution in [3.05, 3.63) is 56.0 Å². The van der Waals surface area contributed by atoms with Gasteiger partial charge in [-0.15, -0.1) is 0 Å². The van der Waals surface area contributed by atoms with Crippen molar-refractivity contribution in [3.63, 3.8) is 0 Å². The van der Waals surface area contributed by atoms with Crippen LogP contribution in [0, 0.1) is 0 Å². The van der Waals surface area contributed by atoms with Crippen LogP contribution in [0.5, 0.6) is 0 Å². The minimum absolute atomic E-state index is 0.131. The predicted octanol–water partition coefficient (Wildman–Crippen LogP) is 1.48. The van der Waals surface area contributed by atoms with Crippen molar-refractivity contribution >= 4 is 39.2 Å².